The molecule has 1 N–H and O–H groups in total. The van der Waals surface area contributed by atoms with E-state index >= 15 is 0 Å². The number of hydrogen-bond donors (Lipinski definition) is 1. The number of rotatable bonds is 5. The summed E-state index contributed by atoms with van der Waals surface area (Å²) in [7, 11) is 0. The lowest BCUT2D eigenvalue weighted by Gasteiger charge is -2.36. The Bertz CT molecular complexity index is 453. The molecule has 3 atom stereocenters. The molecular weight excluding hydrogens is 266 g/mol. The Labute approximate surface area is 127 Å². The summed E-state index contributed by atoms with van der Waals surface area (Å²) in [6.07, 6.45) is -0.0378. The average Bonchev–Trinajstić information content (AvgIpc) is 2.38. The van der Waals surface area contributed by atoms with Crippen LogP contribution in [0.2, 0.25) is 0 Å². The van der Waals surface area contributed by atoms with Gasteiger partial charge < -0.3 is 14.6 Å². The quantitative estimate of drug-likeness (QED) is 0.903. The second-order valence-corrected chi connectivity index (χ2v) is 6.21. The summed E-state index contributed by atoms with van der Waals surface area (Å²) < 4.78 is 11.5. The highest BCUT2D eigenvalue weighted by atomic mass is 16.5. The summed E-state index contributed by atoms with van der Waals surface area (Å²) >= 11 is 0. The lowest BCUT2D eigenvalue weighted by Crippen LogP contribution is -2.48. The third-order valence-electron chi connectivity index (χ3n) is 3.74. The minimum atomic E-state index is -0.484. The fourth-order valence-electron chi connectivity index (χ4n) is 2.83. The Kier molecular flexibility index (Phi) is 5.62. The molecule has 4 heteroatoms. The Morgan fingerprint density at radius 1 is 1.29 bits per heavy atom. The number of β-amino-alcohol motifs (C(OH)–C–C–N with tert-alkyl or cyclic N) is 1. The first-order chi connectivity index (χ1) is 9.94. The number of aliphatic hydroxyl groups excluding tert-OH is 1. The molecule has 2 rings (SSSR count). The van der Waals surface area contributed by atoms with Crippen molar-refractivity contribution in [1.82, 2.24) is 4.90 Å². The normalized spacial score (nSPS) is 24.8. The van der Waals surface area contributed by atoms with Crippen LogP contribution in [0.4, 0.5) is 0 Å². The van der Waals surface area contributed by atoms with Crippen LogP contribution in [0.5, 0.6) is 5.75 Å². The summed E-state index contributed by atoms with van der Waals surface area (Å²) in [5, 5.41) is 10.2. The van der Waals surface area contributed by atoms with Crippen LogP contribution < -0.4 is 4.74 Å². The van der Waals surface area contributed by atoms with E-state index in [0.29, 0.717) is 13.2 Å². The Morgan fingerprint density at radius 2 is 1.95 bits per heavy atom. The number of hydrogen-bond acceptors (Lipinski definition) is 4. The van der Waals surface area contributed by atoms with Gasteiger partial charge in [0.25, 0.3) is 0 Å². The SMILES string of the molecule is Cc1ccc(C)c(OC[C@H](O)CN2C[C@@H](C)O[C@@H](C)C2)c1. The number of aliphatic hydroxyl groups is 1. The number of benzene rings is 1. The number of ether oxygens (including phenoxy) is 2. The second kappa shape index (κ2) is 7.25. The fraction of sp³-hybridized carbons (Fsp3) is 0.647. The maximum Gasteiger partial charge on any atom is 0.122 e. The molecule has 1 aliphatic rings. The van der Waals surface area contributed by atoms with Gasteiger partial charge in [0.05, 0.1) is 12.2 Å². The average molecular weight is 293 g/mol. The van der Waals surface area contributed by atoms with E-state index in [4.69, 9.17) is 9.47 Å². The summed E-state index contributed by atoms with van der Waals surface area (Å²) in [5.41, 5.74) is 2.27. The molecule has 1 heterocycles. The van der Waals surface area contributed by atoms with Crippen molar-refractivity contribution in [3.63, 3.8) is 0 Å². The first kappa shape index (κ1) is 16.3. The van der Waals surface area contributed by atoms with Crippen LogP contribution in [0.3, 0.4) is 0 Å². The molecular formula is C17H27NO3. The summed E-state index contributed by atoms with van der Waals surface area (Å²) in [5.74, 6) is 0.859. The molecule has 0 spiro atoms. The number of morpholine rings is 1. The predicted octanol–water partition coefficient (Wildman–Crippen LogP) is 2.15. The molecule has 118 valence electrons. The van der Waals surface area contributed by atoms with E-state index in [0.717, 1.165) is 24.4 Å². The Balaban J connectivity index is 1.81. The lowest BCUT2D eigenvalue weighted by atomic mass is 10.1. The predicted molar refractivity (Wildman–Crippen MR) is 83.9 cm³/mol. The summed E-state index contributed by atoms with van der Waals surface area (Å²) in [6, 6.07) is 6.12. The van der Waals surface area contributed by atoms with Crippen molar-refractivity contribution in [2.24, 2.45) is 0 Å². The second-order valence-electron chi connectivity index (χ2n) is 6.21. The van der Waals surface area contributed by atoms with Crippen molar-refractivity contribution >= 4 is 0 Å². The molecule has 21 heavy (non-hydrogen) atoms. The molecule has 4 nitrogen and oxygen atoms in total. The van der Waals surface area contributed by atoms with Crippen LogP contribution in [0.25, 0.3) is 0 Å². The van der Waals surface area contributed by atoms with Crippen molar-refractivity contribution < 1.29 is 14.6 Å². The van der Waals surface area contributed by atoms with Crippen molar-refractivity contribution in [3.8, 4) is 5.75 Å². The Hall–Kier alpha value is -1.10. The molecule has 0 radical (unpaired) electrons. The van der Waals surface area contributed by atoms with E-state index in [1.54, 1.807) is 0 Å². The minimum absolute atomic E-state index is 0.223. The molecule has 0 saturated carbocycles. The number of aryl methyl sites for hydroxylation is 2. The van der Waals surface area contributed by atoms with Crippen LogP contribution >= 0.6 is 0 Å². The third kappa shape index (κ3) is 4.99. The molecule has 1 aliphatic heterocycles. The topological polar surface area (TPSA) is 41.9 Å². The Morgan fingerprint density at radius 3 is 2.62 bits per heavy atom. The van der Waals surface area contributed by atoms with E-state index in [1.165, 1.54) is 5.56 Å². The van der Waals surface area contributed by atoms with E-state index in [2.05, 4.69) is 24.8 Å². The highest BCUT2D eigenvalue weighted by Gasteiger charge is 2.23. The number of nitrogens with zero attached hydrogens (tertiary/aromatic N) is 1. The van der Waals surface area contributed by atoms with Gasteiger partial charge in [0.1, 0.15) is 18.5 Å². The van der Waals surface area contributed by atoms with Crippen LogP contribution in [-0.4, -0.2) is 54.6 Å². The molecule has 1 aromatic rings. The van der Waals surface area contributed by atoms with Gasteiger partial charge in [-0.05, 0) is 44.9 Å². The fourth-order valence-corrected chi connectivity index (χ4v) is 2.83. The zero-order valence-corrected chi connectivity index (χ0v) is 13.5. The van der Waals surface area contributed by atoms with Crippen molar-refractivity contribution in [2.45, 2.75) is 46.0 Å². The van der Waals surface area contributed by atoms with Gasteiger partial charge in [-0.3, -0.25) is 4.90 Å². The summed E-state index contributed by atoms with van der Waals surface area (Å²) in [6.45, 7) is 10.9. The van der Waals surface area contributed by atoms with Gasteiger partial charge in [-0.15, -0.1) is 0 Å². The maximum absolute atomic E-state index is 10.2. The van der Waals surface area contributed by atoms with Gasteiger partial charge in [-0.25, -0.2) is 0 Å². The zero-order chi connectivity index (χ0) is 15.4. The smallest absolute Gasteiger partial charge is 0.122 e. The van der Waals surface area contributed by atoms with Gasteiger partial charge in [0.15, 0.2) is 0 Å². The standard InChI is InChI=1S/C17H27NO3/c1-12-5-6-13(2)17(7-12)20-11-16(19)10-18-8-14(3)21-15(4)9-18/h5-7,14-16,19H,8-11H2,1-4H3/t14-,15+,16-/m1/s1. The van der Waals surface area contributed by atoms with E-state index in [9.17, 15) is 5.11 Å². The molecule has 0 unspecified atom stereocenters. The van der Waals surface area contributed by atoms with Crippen molar-refractivity contribution in [2.75, 3.05) is 26.2 Å². The van der Waals surface area contributed by atoms with Crippen molar-refractivity contribution in [1.29, 1.82) is 0 Å². The minimum Gasteiger partial charge on any atom is -0.491 e. The lowest BCUT2D eigenvalue weighted by molar-refractivity contribution is -0.0786. The van der Waals surface area contributed by atoms with Gasteiger partial charge in [-0.2, -0.15) is 0 Å². The first-order valence-corrected chi connectivity index (χ1v) is 7.70. The maximum atomic E-state index is 10.2. The van der Waals surface area contributed by atoms with Gasteiger partial charge in [-0.1, -0.05) is 12.1 Å². The molecule has 1 saturated heterocycles. The van der Waals surface area contributed by atoms with Gasteiger partial charge >= 0.3 is 0 Å². The van der Waals surface area contributed by atoms with Crippen LogP contribution in [-0.2, 0) is 4.74 Å². The largest absolute Gasteiger partial charge is 0.491 e. The third-order valence-corrected chi connectivity index (χ3v) is 3.74. The highest BCUT2D eigenvalue weighted by Crippen LogP contribution is 2.19. The van der Waals surface area contributed by atoms with E-state index in [1.807, 2.05) is 26.0 Å². The van der Waals surface area contributed by atoms with E-state index < -0.39 is 6.10 Å². The highest BCUT2D eigenvalue weighted by molar-refractivity contribution is 5.35. The van der Waals surface area contributed by atoms with E-state index in [-0.39, 0.29) is 12.2 Å². The summed E-state index contributed by atoms with van der Waals surface area (Å²) in [4.78, 5) is 2.25. The molecule has 0 aromatic heterocycles. The van der Waals surface area contributed by atoms with Crippen LogP contribution in [0.15, 0.2) is 18.2 Å². The molecule has 0 bridgehead atoms. The van der Waals surface area contributed by atoms with Crippen molar-refractivity contribution in [3.05, 3.63) is 29.3 Å². The van der Waals surface area contributed by atoms with Gasteiger partial charge in [0, 0.05) is 19.6 Å². The molecule has 0 amide bonds. The molecule has 1 aromatic carbocycles. The monoisotopic (exact) mass is 293 g/mol. The van der Waals surface area contributed by atoms with Crippen LogP contribution in [0, 0.1) is 13.8 Å². The zero-order valence-electron chi connectivity index (χ0n) is 13.5. The molecule has 0 aliphatic carbocycles. The van der Waals surface area contributed by atoms with Crippen LogP contribution in [0.1, 0.15) is 25.0 Å². The first-order valence-electron chi connectivity index (χ1n) is 7.70. The van der Waals surface area contributed by atoms with Gasteiger partial charge in [0.2, 0.25) is 0 Å². The molecule has 1 fully saturated rings.